The smallest absolute Gasteiger partial charge is 0.244 e. The molecule has 2 rings (SSSR count). The number of aromatic nitrogens is 2. The number of nitrogens with zero attached hydrogens (tertiary/aromatic N) is 1. The lowest BCUT2D eigenvalue weighted by atomic mass is 10.3. The lowest BCUT2D eigenvalue weighted by Gasteiger charge is -2.11. The number of nitrogens with one attached hydrogen (secondary N) is 3. The van der Waals surface area contributed by atoms with Crippen LogP contribution in [0.1, 0.15) is 17.8 Å². The van der Waals surface area contributed by atoms with Crippen molar-refractivity contribution in [1.82, 2.24) is 20.2 Å². The normalized spacial score (nSPS) is 21.5. The molecule has 7 heteroatoms. The Kier molecular flexibility index (Phi) is 3.00. The molecule has 1 saturated heterocycles. The summed E-state index contributed by atoms with van der Waals surface area (Å²) in [5, 5.41) is 9.70. The summed E-state index contributed by atoms with van der Waals surface area (Å²) in [7, 11) is -3.45. The molecule has 0 aromatic carbocycles. The third-order valence-electron chi connectivity index (χ3n) is 2.71. The first-order valence-electron chi connectivity index (χ1n) is 5.25. The largest absolute Gasteiger partial charge is 0.315 e. The molecule has 0 spiro atoms. The van der Waals surface area contributed by atoms with Crippen LogP contribution in [0.15, 0.2) is 4.90 Å². The van der Waals surface area contributed by atoms with Gasteiger partial charge in [0.05, 0.1) is 11.4 Å². The van der Waals surface area contributed by atoms with Gasteiger partial charge in [-0.15, -0.1) is 0 Å². The Hall–Kier alpha value is -0.920. The van der Waals surface area contributed by atoms with Crippen LogP contribution in [0.2, 0.25) is 0 Å². The monoisotopic (exact) mass is 244 g/mol. The Morgan fingerprint density at radius 2 is 2.19 bits per heavy atom. The lowest BCUT2D eigenvalue weighted by Crippen LogP contribution is -2.36. The second kappa shape index (κ2) is 4.15. The molecule has 0 aliphatic carbocycles. The first-order chi connectivity index (χ1) is 7.50. The summed E-state index contributed by atoms with van der Waals surface area (Å²) in [6, 6.07) is -0.0151. The maximum atomic E-state index is 12.1. The molecule has 1 fully saturated rings. The van der Waals surface area contributed by atoms with E-state index in [9.17, 15) is 8.42 Å². The van der Waals surface area contributed by atoms with Crippen LogP contribution in [0.25, 0.3) is 0 Å². The van der Waals surface area contributed by atoms with Gasteiger partial charge in [0.15, 0.2) is 0 Å². The van der Waals surface area contributed by atoms with Crippen LogP contribution in [0.4, 0.5) is 0 Å². The Morgan fingerprint density at radius 1 is 1.44 bits per heavy atom. The first-order valence-corrected chi connectivity index (χ1v) is 6.73. The van der Waals surface area contributed by atoms with Crippen LogP contribution >= 0.6 is 0 Å². The molecule has 1 aromatic rings. The van der Waals surface area contributed by atoms with Gasteiger partial charge in [0.1, 0.15) is 4.90 Å². The molecule has 16 heavy (non-hydrogen) atoms. The fourth-order valence-electron chi connectivity index (χ4n) is 1.97. The van der Waals surface area contributed by atoms with Crippen molar-refractivity contribution in [1.29, 1.82) is 0 Å². The number of hydrogen-bond acceptors (Lipinski definition) is 4. The zero-order valence-electron chi connectivity index (χ0n) is 9.37. The molecule has 3 N–H and O–H groups in total. The molecule has 0 bridgehead atoms. The molecule has 0 saturated carbocycles. The van der Waals surface area contributed by atoms with Crippen LogP contribution in [-0.4, -0.2) is 37.7 Å². The highest BCUT2D eigenvalue weighted by Gasteiger charge is 2.26. The summed E-state index contributed by atoms with van der Waals surface area (Å²) in [5.41, 5.74) is 1.09. The van der Waals surface area contributed by atoms with E-state index in [-0.39, 0.29) is 10.9 Å². The topological polar surface area (TPSA) is 86.9 Å². The highest BCUT2D eigenvalue weighted by molar-refractivity contribution is 7.89. The van der Waals surface area contributed by atoms with E-state index < -0.39 is 10.0 Å². The standard InChI is InChI=1S/C9H16N4O2S/c1-6-9(7(2)12-11-6)16(14,15)13-8-3-4-10-5-8/h8,10,13H,3-5H2,1-2H3,(H,11,12)/t8-/m1/s1. The van der Waals surface area contributed by atoms with Gasteiger partial charge in [-0.3, -0.25) is 5.10 Å². The highest BCUT2D eigenvalue weighted by Crippen LogP contribution is 2.17. The Bertz CT molecular complexity index is 454. The predicted octanol–water partition coefficient (Wildman–Crippen LogP) is -0.333. The zero-order valence-corrected chi connectivity index (χ0v) is 10.2. The van der Waals surface area contributed by atoms with E-state index in [4.69, 9.17) is 0 Å². The summed E-state index contributed by atoms with van der Waals surface area (Å²) >= 11 is 0. The van der Waals surface area contributed by atoms with E-state index in [1.165, 1.54) is 0 Å². The van der Waals surface area contributed by atoms with Gasteiger partial charge in [-0.1, -0.05) is 0 Å². The second-order valence-electron chi connectivity index (χ2n) is 4.07. The summed E-state index contributed by atoms with van der Waals surface area (Å²) in [5.74, 6) is 0. The SMILES string of the molecule is Cc1n[nH]c(C)c1S(=O)(=O)N[C@@H]1CCNC1. The van der Waals surface area contributed by atoms with Crippen molar-refractivity contribution < 1.29 is 8.42 Å². The van der Waals surface area contributed by atoms with Crippen molar-refractivity contribution in [3.63, 3.8) is 0 Å². The molecule has 6 nitrogen and oxygen atoms in total. The van der Waals surface area contributed by atoms with Gasteiger partial charge in [0.25, 0.3) is 0 Å². The maximum Gasteiger partial charge on any atom is 0.244 e. The highest BCUT2D eigenvalue weighted by atomic mass is 32.2. The summed E-state index contributed by atoms with van der Waals surface area (Å²) < 4.78 is 26.9. The van der Waals surface area contributed by atoms with E-state index in [0.29, 0.717) is 17.9 Å². The average molecular weight is 244 g/mol. The van der Waals surface area contributed by atoms with Gasteiger partial charge in [0.2, 0.25) is 10.0 Å². The number of aromatic amines is 1. The number of hydrogen-bond donors (Lipinski definition) is 3. The van der Waals surface area contributed by atoms with Gasteiger partial charge >= 0.3 is 0 Å². The first kappa shape index (κ1) is 11.6. The van der Waals surface area contributed by atoms with Gasteiger partial charge in [-0.05, 0) is 26.8 Å². The van der Waals surface area contributed by atoms with Gasteiger partial charge < -0.3 is 5.32 Å². The summed E-state index contributed by atoms with van der Waals surface area (Å²) in [6.07, 6.45) is 0.829. The molecule has 90 valence electrons. The van der Waals surface area contributed by atoms with Crippen LogP contribution in [0.3, 0.4) is 0 Å². The maximum absolute atomic E-state index is 12.1. The van der Waals surface area contributed by atoms with E-state index in [1.54, 1.807) is 13.8 Å². The van der Waals surface area contributed by atoms with Crippen LogP contribution < -0.4 is 10.0 Å². The molecule has 0 unspecified atom stereocenters. The van der Waals surface area contributed by atoms with Gasteiger partial charge in [-0.25, -0.2) is 13.1 Å². The van der Waals surface area contributed by atoms with Gasteiger partial charge in [-0.2, -0.15) is 5.10 Å². The summed E-state index contributed by atoms with van der Waals surface area (Å²) in [4.78, 5) is 0.277. The minimum absolute atomic E-state index is 0.0151. The zero-order chi connectivity index (χ0) is 11.8. The fraction of sp³-hybridized carbons (Fsp3) is 0.667. The average Bonchev–Trinajstić information content (AvgIpc) is 2.76. The van der Waals surface area contributed by atoms with Crippen LogP contribution in [-0.2, 0) is 10.0 Å². The van der Waals surface area contributed by atoms with E-state index in [1.807, 2.05) is 0 Å². The van der Waals surface area contributed by atoms with E-state index in [0.717, 1.165) is 13.0 Å². The minimum Gasteiger partial charge on any atom is -0.315 e. The van der Waals surface area contributed by atoms with E-state index >= 15 is 0 Å². The van der Waals surface area contributed by atoms with Crippen molar-refractivity contribution >= 4 is 10.0 Å². The quantitative estimate of drug-likeness (QED) is 0.679. The second-order valence-corrected chi connectivity index (χ2v) is 5.72. The summed E-state index contributed by atoms with van der Waals surface area (Å²) in [6.45, 7) is 4.94. The van der Waals surface area contributed by atoms with Crippen molar-refractivity contribution in [3.8, 4) is 0 Å². The van der Waals surface area contributed by atoms with Crippen LogP contribution in [0.5, 0.6) is 0 Å². The minimum atomic E-state index is -3.45. The molecule has 1 aromatic heterocycles. The molecule has 1 atom stereocenters. The third-order valence-corrected chi connectivity index (χ3v) is 4.49. The van der Waals surface area contributed by atoms with E-state index in [2.05, 4.69) is 20.2 Å². The molecule has 1 aliphatic rings. The number of H-pyrrole nitrogens is 1. The number of rotatable bonds is 3. The Balaban J connectivity index is 2.25. The van der Waals surface area contributed by atoms with Crippen molar-refractivity contribution in [2.24, 2.45) is 0 Å². The Morgan fingerprint density at radius 3 is 2.69 bits per heavy atom. The molecular weight excluding hydrogens is 228 g/mol. The Labute approximate surface area is 94.9 Å². The van der Waals surface area contributed by atoms with Crippen molar-refractivity contribution in [2.75, 3.05) is 13.1 Å². The van der Waals surface area contributed by atoms with Crippen LogP contribution in [0, 0.1) is 13.8 Å². The third kappa shape index (κ3) is 2.11. The molecule has 0 amide bonds. The van der Waals surface area contributed by atoms with Crippen molar-refractivity contribution in [3.05, 3.63) is 11.4 Å². The lowest BCUT2D eigenvalue weighted by molar-refractivity contribution is 0.559. The molecule has 2 heterocycles. The molecule has 0 radical (unpaired) electrons. The fourth-order valence-corrected chi connectivity index (χ4v) is 3.61. The van der Waals surface area contributed by atoms with Gasteiger partial charge in [0, 0.05) is 12.6 Å². The molecular formula is C9H16N4O2S. The predicted molar refractivity (Wildman–Crippen MR) is 59.7 cm³/mol. The molecule has 1 aliphatic heterocycles. The number of sulfonamides is 1. The van der Waals surface area contributed by atoms with Crippen molar-refractivity contribution in [2.45, 2.75) is 31.2 Å². The number of aryl methyl sites for hydroxylation is 2.